The summed E-state index contributed by atoms with van der Waals surface area (Å²) >= 11 is 0. The number of hydrogen-bond acceptors (Lipinski definition) is 3. The van der Waals surface area contributed by atoms with Gasteiger partial charge in [0.25, 0.3) is 0 Å². The van der Waals surface area contributed by atoms with Crippen molar-refractivity contribution in [2.75, 3.05) is 13.2 Å². The average molecular weight is 288 g/mol. The van der Waals surface area contributed by atoms with E-state index in [2.05, 4.69) is 11.9 Å². The van der Waals surface area contributed by atoms with Crippen molar-refractivity contribution >= 4 is 11.5 Å². The van der Waals surface area contributed by atoms with Gasteiger partial charge in [-0.05, 0) is 31.2 Å². The molecule has 0 aliphatic carbocycles. The third-order valence-corrected chi connectivity index (χ3v) is 4.65. The van der Waals surface area contributed by atoms with Gasteiger partial charge in [0.15, 0.2) is 0 Å². The largest absolute Gasteiger partial charge is 0.478 e. The van der Waals surface area contributed by atoms with E-state index in [1.807, 2.05) is 17.5 Å². The van der Waals surface area contributed by atoms with E-state index in [0.29, 0.717) is 22.9 Å². The van der Waals surface area contributed by atoms with Crippen molar-refractivity contribution in [1.82, 2.24) is 9.38 Å². The molecule has 2 aromatic heterocycles. The van der Waals surface area contributed by atoms with Gasteiger partial charge in [-0.3, -0.25) is 4.98 Å². The zero-order chi connectivity index (χ0) is 15.0. The maximum Gasteiger partial charge on any atom is 0.338 e. The molecule has 0 spiro atoms. The summed E-state index contributed by atoms with van der Waals surface area (Å²) in [7, 11) is 0. The zero-order valence-corrected chi connectivity index (χ0v) is 12.4. The Kier molecular flexibility index (Phi) is 3.68. The van der Waals surface area contributed by atoms with Gasteiger partial charge in [-0.2, -0.15) is 0 Å². The summed E-state index contributed by atoms with van der Waals surface area (Å²) in [6.45, 7) is 5.69. The molecular formula is C16H20N2O3. The Balaban J connectivity index is 2.13. The lowest BCUT2D eigenvalue weighted by molar-refractivity contribution is 0.0590. The summed E-state index contributed by atoms with van der Waals surface area (Å²) in [5.74, 6) is -0.0503. The third kappa shape index (κ3) is 2.31. The highest BCUT2D eigenvalue weighted by molar-refractivity contribution is 5.98. The fourth-order valence-corrected chi connectivity index (χ4v) is 3.53. The quantitative estimate of drug-likeness (QED) is 0.943. The standard InChI is InChI=1S/C16H20N2O3/c1-10(12-3-7-21-8-4-12)15-11(2)14(16(19)20)13-9-17-5-6-18(13)15/h5-6,9-10,12H,3-4,7-8H2,1-2H3,(H,19,20). The molecule has 1 unspecified atom stereocenters. The molecule has 5 heteroatoms. The van der Waals surface area contributed by atoms with Crippen molar-refractivity contribution in [3.63, 3.8) is 0 Å². The number of rotatable bonds is 3. The van der Waals surface area contributed by atoms with E-state index in [9.17, 15) is 9.90 Å². The Bertz CT molecular complexity index is 671. The predicted octanol–water partition coefficient (Wildman–Crippen LogP) is 2.87. The molecule has 0 radical (unpaired) electrons. The molecule has 0 saturated carbocycles. The molecule has 21 heavy (non-hydrogen) atoms. The van der Waals surface area contributed by atoms with Crippen LogP contribution in [0.25, 0.3) is 5.52 Å². The first-order chi connectivity index (χ1) is 10.1. The van der Waals surface area contributed by atoms with Crippen LogP contribution in [0.5, 0.6) is 0 Å². The molecule has 112 valence electrons. The molecule has 3 heterocycles. The number of ether oxygens (including phenoxy) is 1. The smallest absolute Gasteiger partial charge is 0.338 e. The number of fused-ring (bicyclic) bond motifs is 1. The molecule has 0 aromatic carbocycles. The molecule has 1 N–H and O–H groups in total. The highest BCUT2D eigenvalue weighted by atomic mass is 16.5. The van der Waals surface area contributed by atoms with Crippen molar-refractivity contribution in [2.45, 2.75) is 32.6 Å². The van der Waals surface area contributed by atoms with Gasteiger partial charge in [0.05, 0.1) is 17.3 Å². The number of carboxylic acids is 1. The Morgan fingerprint density at radius 3 is 2.86 bits per heavy atom. The van der Waals surface area contributed by atoms with Gasteiger partial charge in [0.2, 0.25) is 0 Å². The van der Waals surface area contributed by atoms with E-state index in [-0.39, 0.29) is 0 Å². The van der Waals surface area contributed by atoms with Crippen LogP contribution in [0.3, 0.4) is 0 Å². The SMILES string of the molecule is Cc1c(C(=O)O)c2cnccn2c1C(C)C1CCOCC1. The Labute approximate surface area is 123 Å². The molecule has 1 aliphatic heterocycles. The number of carboxylic acid groups (broad SMARTS) is 1. The number of aromatic carboxylic acids is 1. The normalized spacial score (nSPS) is 18.0. The van der Waals surface area contributed by atoms with Gasteiger partial charge in [0.1, 0.15) is 0 Å². The molecular weight excluding hydrogens is 268 g/mol. The molecule has 0 bridgehead atoms. The number of hydrogen-bond donors (Lipinski definition) is 1. The fourth-order valence-electron chi connectivity index (χ4n) is 3.53. The van der Waals surface area contributed by atoms with Crippen LogP contribution in [-0.4, -0.2) is 33.7 Å². The monoisotopic (exact) mass is 288 g/mol. The second-order valence-electron chi connectivity index (χ2n) is 5.76. The Morgan fingerprint density at radius 2 is 2.19 bits per heavy atom. The van der Waals surface area contributed by atoms with Gasteiger partial charge in [-0.15, -0.1) is 0 Å². The molecule has 2 aromatic rings. The predicted molar refractivity (Wildman–Crippen MR) is 78.8 cm³/mol. The van der Waals surface area contributed by atoms with Gasteiger partial charge >= 0.3 is 5.97 Å². The molecule has 0 amide bonds. The van der Waals surface area contributed by atoms with Crippen LogP contribution >= 0.6 is 0 Å². The first-order valence-corrected chi connectivity index (χ1v) is 7.36. The molecule has 5 nitrogen and oxygen atoms in total. The lowest BCUT2D eigenvalue weighted by Gasteiger charge is -2.28. The van der Waals surface area contributed by atoms with Crippen LogP contribution in [0.4, 0.5) is 0 Å². The molecule has 1 aliphatic rings. The van der Waals surface area contributed by atoms with Crippen LogP contribution in [0.1, 0.15) is 47.3 Å². The second-order valence-corrected chi connectivity index (χ2v) is 5.76. The van der Waals surface area contributed by atoms with Gasteiger partial charge in [-0.25, -0.2) is 4.79 Å². The molecule has 1 fully saturated rings. The topological polar surface area (TPSA) is 63.8 Å². The van der Waals surface area contributed by atoms with Crippen molar-refractivity contribution < 1.29 is 14.6 Å². The number of nitrogens with zero attached hydrogens (tertiary/aromatic N) is 2. The van der Waals surface area contributed by atoms with Crippen LogP contribution < -0.4 is 0 Å². The zero-order valence-electron chi connectivity index (χ0n) is 12.4. The van der Waals surface area contributed by atoms with Crippen molar-refractivity contribution in [2.24, 2.45) is 5.92 Å². The summed E-state index contributed by atoms with van der Waals surface area (Å²) in [5.41, 5.74) is 3.00. The summed E-state index contributed by atoms with van der Waals surface area (Å²) in [4.78, 5) is 15.7. The minimum absolute atomic E-state index is 0.303. The van der Waals surface area contributed by atoms with E-state index in [4.69, 9.17) is 4.74 Å². The third-order valence-electron chi connectivity index (χ3n) is 4.65. The average Bonchev–Trinajstić information content (AvgIpc) is 2.79. The molecule has 3 rings (SSSR count). The van der Waals surface area contributed by atoms with E-state index in [1.165, 1.54) is 0 Å². The summed E-state index contributed by atoms with van der Waals surface area (Å²) in [6.07, 6.45) is 7.26. The van der Waals surface area contributed by atoms with Gasteiger partial charge in [-0.1, -0.05) is 6.92 Å². The highest BCUT2D eigenvalue weighted by Crippen LogP contribution is 2.36. The van der Waals surface area contributed by atoms with Crippen molar-refractivity contribution in [3.8, 4) is 0 Å². The Hall–Kier alpha value is -1.88. The lowest BCUT2D eigenvalue weighted by Crippen LogP contribution is -2.21. The summed E-state index contributed by atoms with van der Waals surface area (Å²) in [6, 6.07) is 0. The summed E-state index contributed by atoms with van der Waals surface area (Å²) < 4.78 is 7.43. The first kappa shape index (κ1) is 14.1. The van der Waals surface area contributed by atoms with Crippen LogP contribution in [-0.2, 0) is 4.74 Å². The van der Waals surface area contributed by atoms with E-state index in [1.54, 1.807) is 12.4 Å². The highest BCUT2D eigenvalue weighted by Gasteiger charge is 2.28. The maximum atomic E-state index is 11.6. The van der Waals surface area contributed by atoms with Crippen molar-refractivity contribution in [3.05, 3.63) is 35.4 Å². The van der Waals surface area contributed by atoms with Crippen LogP contribution in [0, 0.1) is 12.8 Å². The van der Waals surface area contributed by atoms with Gasteiger partial charge in [0, 0.05) is 37.2 Å². The van der Waals surface area contributed by atoms with Crippen LogP contribution in [0.15, 0.2) is 18.6 Å². The second kappa shape index (κ2) is 5.48. The van der Waals surface area contributed by atoms with E-state index in [0.717, 1.165) is 37.3 Å². The van der Waals surface area contributed by atoms with Crippen molar-refractivity contribution in [1.29, 1.82) is 0 Å². The first-order valence-electron chi connectivity index (χ1n) is 7.36. The Morgan fingerprint density at radius 1 is 1.48 bits per heavy atom. The maximum absolute atomic E-state index is 11.6. The van der Waals surface area contributed by atoms with Crippen LogP contribution in [0.2, 0.25) is 0 Å². The number of aromatic nitrogens is 2. The minimum Gasteiger partial charge on any atom is -0.478 e. The number of carbonyl (C=O) groups is 1. The van der Waals surface area contributed by atoms with Gasteiger partial charge < -0.3 is 14.2 Å². The summed E-state index contributed by atoms with van der Waals surface area (Å²) in [5, 5.41) is 9.51. The fraction of sp³-hybridized carbons (Fsp3) is 0.500. The van der Waals surface area contributed by atoms with E-state index >= 15 is 0 Å². The van der Waals surface area contributed by atoms with E-state index < -0.39 is 5.97 Å². The molecule has 1 saturated heterocycles. The lowest BCUT2D eigenvalue weighted by atomic mass is 9.84. The molecule has 1 atom stereocenters. The minimum atomic E-state index is -0.886.